The molecule has 0 aliphatic rings. The fourth-order valence-corrected chi connectivity index (χ4v) is 2.38. The fourth-order valence-electron chi connectivity index (χ4n) is 1.67. The summed E-state index contributed by atoms with van der Waals surface area (Å²) in [6.07, 6.45) is 0. The maximum Gasteiger partial charge on any atom is 0.335 e. The van der Waals surface area contributed by atoms with Crippen LogP contribution >= 0.6 is 11.3 Å². The first-order valence-corrected chi connectivity index (χ1v) is 5.85. The summed E-state index contributed by atoms with van der Waals surface area (Å²) in [5.41, 5.74) is 3.38. The highest BCUT2D eigenvalue weighted by atomic mass is 32.1. The summed E-state index contributed by atoms with van der Waals surface area (Å²) >= 11 is 1.67. The van der Waals surface area contributed by atoms with Crippen molar-refractivity contribution < 1.29 is 9.90 Å². The van der Waals surface area contributed by atoms with E-state index < -0.39 is 5.97 Å². The third kappa shape index (κ3) is 2.14. The SMILES string of the molecule is Cc1cc(C(=O)O)cc(-c2csc(C)c2)c1. The van der Waals surface area contributed by atoms with E-state index in [2.05, 4.69) is 11.4 Å². The molecule has 0 radical (unpaired) electrons. The van der Waals surface area contributed by atoms with Gasteiger partial charge < -0.3 is 5.11 Å². The Morgan fingerprint density at radius 3 is 2.44 bits per heavy atom. The predicted molar refractivity (Wildman–Crippen MR) is 66.2 cm³/mol. The molecule has 82 valence electrons. The van der Waals surface area contributed by atoms with Crippen LogP contribution in [0.3, 0.4) is 0 Å². The molecule has 1 aromatic carbocycles. The maximum atomic E-state index is 10.9. The van der Waals surface area contributed by atoms with Crippen LogP contribution < -0.4 is 0 Å². The molecule has 2 rings (SSSR count). The zero-order valence-corrected chi connectivity index (χ0v) is 9.97. The van der Waals surface area contributed by atoms with Crippen LogP contribution in [0, 0.1) is 13.8 Å². The van der Waals surface area contributed by atoms with E-state index in [0.717, 1.165) is 16.7 Å². The van der Waals surface area contributed by atoms with Crippen molar-refractivity contribution in [2.75, 3.05) is 0 Å². The average molecular weight is 232 g/mol. The molecule has 0 bridgehead atoms. The summed E-state index contributed by atoms with van der Waals surface area (Å²) in [5, 5.41) is 11.0. The lowest BCUT2D eigenvalue weighted by Gasteiger charge is -2.03. The van der Waals surface area contributed by atoms with Gasteiger partial charge in [0.25, 0.3) is 0 Å². The normalized spacial score (nSPS) is 10.4. The number of hydrogen-bond acceptors (Lipinski definition) is 2. The van der Waals surface area contributed by atoms with Crippen LogP contribution in [-0.2, 0) is 0 Å². The van der Waals surface area contributed by atoms with Gasteiger partial charge in [-0.25, -0.2) is 4.79 Å². The van der Waals surface area contributed by atoms with Gasteiger partial charge in [-0.1, -0.05) is 6.07 Å². The Morgan fingerprint density at radius 2 is 1.88 bits per heavy atom. The summed E-state index contributed by atoms with van der Waals surface area (Å²) < 4.78 is 0. The van der Waals surface area contributed by atoms with Gasteiger partial charge in [-0.3, -0.25) is 0 Å². The molecule has 0 fully saturated rings. The zero-order valence-electron chi connectivity index (χ0n) is 9.15. The quantitative estimate of drug-likeness (QED) is 0.856. The minimum Gasteiger partial charge on any atom is -0.478 e. The Balaban J connectivity index is 2.53. The van der Waals surface area contributed by atoms with Gasteiger partial charge in [0.2, 0.25) is 0 Å². The van der Waals surface area contributed by atoms with Crippen molar-refractivity contribution in [3.05, 3.63) is 45.6 Å². The monoisotopic (exact) mass is 232 g/mol. The van der Waals surface area contributed by atoms with E-state index in [1.165, 1.54) is 4.88 Å². The summed E-state index contributed by atoms with van der Waals surface area (Å²) in [6.45, 7) is 3.96. The van der Waals surface area contributed by atoms with Crippen LogP contribution in [0.15, 0.2) is 29.6 Å². The number of aryl methyl sites for hydroxylation is 2. The Labute approximate surface area is 98.2 Å². The molecule has 3 heteroatoms. The molecular formula is C13H12O2S. The van der Waals surface area contributed by atoms with Crippen LogP contribution in [0.4, 0.5) is 0 Å². The van der Waals surface area contributed by atoms with Crippen molar-refractivity contribution in [1.82, 2.24) is 0 Å². The van der Waals surface area contributed by atoms with Crippen LogP contribution in [0.5, 0.6) is 0 Å². The van der Waals surface area contributed by atoms with Crippen molar-refractivity contribution in [3.63, 3.8) is 0 Å². The Morgan fingerprint density at radius 1 is 1.12 bits per heavy atom. The lowest BCUT2D eigenvalue weighted by atomic mass is 10.0. The highest BCUT2D eigenvalue weighted by Gasteiger charge is 2.07. The molecule has 0 aliphatic carbocycles. The Bertz CT molecular complexity index is 541. The van der Waals surface area contributed by atoms with E-state index in [1.54, 1.807) is 23.5 Å². The molecule has 0 saturated heterocycles. The second-order valence-corrected chi connectivity index (χ2v) is 4.95. The highest BCUT2D eigenvalue weighted by molar-refractivity contribution is 7.10. The average Bonchev–Trinajstić information content (AvgIpc) is 2.64. The van der Waals surface area contributed by atoms with Crippen LogP contribution in [0.1, 0.15) is 20.8 Å². The Kier molecular flexibility index (Phi) is 2.79. The van der Waals surface area contributed by atoms with E-state index in [4.69, 9.17) is 5.11 Å². The van der Waals surface area contributed by atoms with Crippen molar-refractivity contribution in [3.8, 4) is 11.1 Å². The minimum absolute atomic E-state index is 0.346. The molecule has 16 heavy (non-hydrogen) atoms. The third-order valence-electron chi connectivity index (χ3n) is 2.39. The van der Waals surface area contributed by atoms with Gasteiger partial charge in [-0.05, 0) is 54.1 Å². The smallest absolute Gasteiger partial charge is 0.335 e. The molecule has 2 aromatic rings. The summed E-state index contributed by atoms with van der Waals surface area (Å²) in [7, 11) is 0. The summed E-state index contributed by atoms with van der Waals surface area (Å²) in [5.74, 6) is -0.878. The van der Waals surface area contributed by atoms with E-state index in [0.29, 0.717) is 5.56 Å². The molecule has 2 nitrogen and oxygen atoms in total. The first-order chi connectivity index (χ1) is 7.56. The standard InChI is InChI=1S/C13H12O2S/c1-8-3-10(6-11(4-8)13(14)15)12-5-9(2)16-7-12/h3-7H,1-2H3,(H,14,15). The number of rotatable bonds is 2. The van der Waals surface area contributed by atoms with Gasteiger partial charge in [-0.15, -0.1) is 11.3 Å². The predicted octanol–water partition coefficient (Wildman–Crippen LogP) is 3.73. The molecule has 1 aromatic heterocycles. The van der Waals surface area contributed by atoms with Gasteiger partial charge in [0.05, 0.1) is 5.56 Å². The van der Waals surface area contributed by atoms with Crippen LogP contribution in [-0.4, -0.2) is 11.1 Å². The molecule has 1 heterocycles. The van der Waals surface area contributed by atoms with Crippen molar-refractivity contribution >= 4 is 17.3 Å². The van der Waals surface area contributed by atoms with Crippen molar-refractivity contribution in [1.29, 1.82) is 0 Å². The van der Waals surface area contributed by atoms with Crippen LogP contribution in [0.25, 0.3) is 11.1 Å². The fraction of sp³-hybridized carbons (Fsp3) is 0.154. The van der Waals surface area contributed by atoms with Gasteiger partial charge >= 0.3 is 5.97 Å². The lowest BCUT2D eigenvalue weighted by Crippen LogP contribution is -1.97. The number of carboxylic acid groups (broad SMARTS) is 1. The number of carbonyl (C=O) groups is 1. The summed E-state index contributed by atoms with van der Waals surface area (Å²) in [6, 6.07) is 7.49. The molecule has 0 amide bonds. The number of carboxylic acids is 1. The van der Waals surface area contributed by atoms with Crippen LogP contribution in [0.2, 0.25) is 0 Å². The first kappa shape index (κ1) is 10.9. The van der Waals surface area contributed by atoms with Gasteiger partial charge in [0.1, 0.15) is 0 Å². The highest BCUT2D eigenvalue weighted by Crippen LogP contribution is 2.26. The van der Waals surface area contributed by atoms with Gasteiger partial charge in [0, 0.05) is 4.88 Å². The number of benzene rings is 1. The molecule has 0 aliphatic heterocycles. The van der Waals surface area contributed by atoms with E-state index in [9.17, 15) is 4.79 Å². The van der Waals surface area contributed by atoms with Gasteiger partial charge in [-0.2, -0.15) is 0 Å². The second-order valence-electron chi connectivity index (χ2n) is 3.84. The molecular weight excluding hydrogens is 220 g/mol. The number of hydrogen-bond donors (Lipinski definition) is 1. The second kappa shape index (κ2) is 4.10. The molecule has 0 atom stereocenters. The van der Waals surface area contributed by atoms with Crippen molar-refractivity contribution in [2.45, 2.75) is 13.8 Å². The summed E-state index contributed by atoms with van der Waals surface area (Å²) in [4.78, 5) is 12.2. The third-order valence-corrected chi connectivity index (χ3v) is 3.25. The molecule has 0 unspecified atom stereocenters. The van der Waals surface area contributed by atoms with E-state index in [-0.39, 0.29) is 0 Å². The van der Waals surface area contributed by atoms with E-state index >= 15 is 0 Å². The maximum absolute atomic E-state index is 10.9. The molecule has 1 N–H and O–H groups in total. The lowest BCUT2D eigenvalue weighted by molar-refractivity contribution is 0.0697. The Hall–Kier alpha value is -1.61. The molecule has 0 spiro atoms. The zero-order chi connectivity index (χ0) is 11.7. The van der Waals surface area contributed by atoms with Crippen molar-refractivity contribution in [2.24, 2.45) is 0 Å². The number of thiophene rings is 1. The topological polar surface area (TPSA) is 37.3 Å². The van der Waals surface area contributed by atoms with E-state index in [1.807, 2.05) is 19.9 Å². The number of aromatic carboxylic acids is 1. The first-order valence-electron chi connectivity index (χ1n) is 4.97. The largest absolute Gasteiger partial charge is 0.478 e. The molecule has 0 saturated carbocycles. The van der Waals surface area contributed by atoms with Gasteiger partial charge in [0.15, 0.2) is 0 Å². The minimum atomic E-state index is -0.878.